The molecule has 141 heavy (non-hydrogen) atoms. The van der Waals surface area contributed by atoms with Crippen LogP contribution in [0.3, 0.4) is 0 Å². The lowest BCUT2D eigenvalue weighted by Crippen LogP contribution is -2.51. The molecular formula is C110H104N8O23. The van der Waals surface area contributed by atoms with Gasteiger partial charge in [0.25, 0.3) is 0 Å². The molecule has 17 atom stereocenters. The zero-order valence-corrected chi connectivity index (χ0v) is 78.4. The average Bonchev–Trinajstić information content (AvgIpc) is 1.58. The second-order valence-corrected chi connectivity index (χ2v) is 40.4. The third-order valence-electron chi connectivity index (χ3n) is 29.5. The number of imide groups is 4. The van der Waals surface area contributed by atoms with Crippen molar-refractivity contribution in [2.45, 2.75) is 146 Å². The van der Waals surface area contributed by atoms with Crippen LogP contribution in [-0.4, -0.2) is 213 Å². The van der Waals surface area contributed by atoms with Crippen LogP contribution in [0, 0.1) is 54.3 Å². The fourth-order valence-corrected chi connectivity index (χ4v) is 23.2. The highest BCUT2D eigenvalue weighted by Crippen LogP contribution is 2.54. The molecule has 13 unspecified atom stereocenters. The predicted molar refractivity (Wildman–Crippen MR) is 514 cm³/mol. The Balaban J connectivity index is 0.512. The number of aldehydes is 1. The van der Waals surface area contributed by atoms with Crippen molar-refractivity contribution in [3.05, 3.63) is 250 Å². The van der Waals surface area contributed by atoms with Crippen molar-refractivity contribution < 1.29 is 111 Å². The molecule has 12 amide bonds. The van der Waals surface area contributed by atoms with Gasteiger partial charge in [-0.25, -0.2) is 9.59 Å². The Hall–Kier alpha value is -14.8. The van der Waals surface area contributed by atoms with Crippen LogP contribution in [0.5, 0.6) is 23.0 Å². The first-order chi connectivity index (χ1) is 67.8. The van der Waals surface area contributed by atoms with Crippen LogP contribution in [-0.2, 0) is 94.3 Å². The van der Waals surface area contributed by atoms with Crippen LogP contribution in [0.1, 0.15) is 120 Å². The van der Waals surface area contributed by atoms with Crippen molar-refractivity contribution in [3.63, 3.8) is 0 Å². The number of fused-ring (bicyclic) bond motifs is 11. The van der Waals surface area contributed by atoms with Gasteiger partial charge in [-0.1, -0.05) is 170 Å². The molecule has 5 saturated heterocycles. The zero-order valence-electron chi connectivity index (χ0n) is 78.4. The molecule has 9 aliphatic rings. The lowest BCUT2D eigenvalue weighted by atomic mass is 9.75. The van der Waals surface area contributed by atoms with Crippen LogP contribution in [0.25, 0.3) is 64.6 Å². The number of nitrogens with one attached hydrogen (secondary N) is 4. The summed E-state index contributed by atoms with van der Waals surface area (Å²) in [5.41, 5.74) is 1.90. The topological polar surface area (TPSA) is 408 Å². The fraction of sp³-hybridized carbons (Fsp3) is 0.355. The summed E-state index contributed by atoms with van der Waals surface area (Å²) >= 11 is 0. The number of nitrogens with zero attached hydrogens (tertiary/aromatic N) is 4. The summed E-state index contributed by atoms with van der Waals surface area (Å²) in [5, 5.41) is 61.9. The van der Waals surface area contributed by atoms with Crippen LogP contribution < -0.4 is 40.2 Å². The van der Waals surface area contributed by atoms with E-state index in [1.165, 1.54) is 12.1 Å². The number of aliphatic hydroxyl groups is 3. The zero-order chi connectivity index (χ0) is 98.4. The summed E-state index contributed by atoms with van der Waals surface area (Å²) in [4.78, 5) is 194. The van der Waals surface area contributed by atoms with E-state index >= 15 is 28.8 Å². The Bertz CT molecular complexity index is 7200. The quantitative estimate of drug-likeness (QED) is 0.00991. The Morgan fingerprint density at radius 2 is 0.674 bits per heavy atom. The Morgan fingerprint density at radius 1 is 0.376 bits per heavy atom. The molecule has 2 bridgehead atoms. The van der Waals surface area contributed by atoms with Gasteiger partial charge in [-0.3, -0.25) is 72.3 Å². The molecule has 0 radical (unpaired) electrons. The molecule has 0 aromatic heterocycles. The van der Waals surface area contributed by atoms with Crippen molar-refractivity contribution in [1.29, 1.82) is 0 Å². The lowest BCUT2D eigenvalue weighted by molar-refractivity contribution is -0.147. The number of aliphatic hydroxyl groups excluding tert-OH is 3. The van der Waals surface area contributed by atoms with Gasteiger partial charge in [-0.05, 0) is 190 Å². The molecule has 21 rings (SSSR count). The maximum absolute atomic E-state index is 15.5. The van der Waals surface area contributed by atoms with E-state index in [0.29, 0.717) is 28.5 Å². The molecule has 0 saturated carbocycles. The van der Waals surface area contributed by atoms with Gasteiger partial charge in [0, 0.05) is 42.9 Å². The van der Waals surface area contributed by atoms with Gasteiger partial charge in [0.15, 0.2) is 6.29 Å². The molecule has 3 aliphatic carbocycles. The van der Waals surface area contributed by atoms with Crippen LogP contribution in [0.4, 0.5) is 9.59 Å². The summed E-state index contributed by atoms with van der Waals surface area (Å²) in [6, 6.07) is 50.6. The number of carbonyl (C=O) groups is 13. The molecule has 5 fully saturated rings. The minimum atomic E-state index is -1.79. The number of benzene rings is 12. The Labute approximate surface area is 808 Å². The van der Waals surface area contributed by atoms with Crippen molar-refractivity contribution in [3.8, 4) is 23.0 Å². The number of amides is 12. The molecular weight excluding hydrogens is 1800 g/mol. The largest absolute Gasteiger partial charge is 0.491 e. The molecule has 12 aromatic rings. The third-order valence-corrected chi connectivity index (χ3v) is 29.5. The van der Waals surface area contributed by atoms with E-state index in [1.54, 1.807) is 121 Å². The summed E-state index contributed by atoms with van der Waals surface area (Å²) < 4.78 is 43.4. The summed E-state index contributed by atoms with van der Waals surface area (Å²) in [7, 11) is 0. The van der Waals surface area contributed by atoms with Crippen LogP contribution in [0.2, 0.25) is 0 Å². The molecule has 31 heteroatoms. The molecule has 7 N–H and O–H groups in total. The minimum Gasteiger partial charge on any atom is -0.491 e. The van der Waals surface area contributed by atoms with Gasteiger partial charge < -0.3 is 69.7 Å². The monoisotopic (exact) mass is 1900 g/mol. The SMILES string of the molecule is Cc1cccc(OCC(CNC(=O)Cc2ccc3ccc4cccc5ccc2c3c45)N2C(=O)C3Cc4cccc(OCC(CNC(=O)OC(C)(C)C)N5C(=O)C6Cc7cccc(OCC(CNC(=O)OC(C)(C)C)N8C(=O)C9Cc%10cccc(OCC(CNC(=O)Cc%11ccc%12ccc%13cccc%14ccc%11c%12c%13%14)N%11C(=O)[C@@H]%12[C@H](C%11=O)[C@H]%11C=C[C@@H]%12O%11)c%10C(O)C9C8=O)c7C(O)C6C5=O)c4C(O)C3C2=O)c1C=O. The number of likely N-dealkylation sites (tertiary alicyclic amines) is 4. The first-order valence-corrected chi connectivity index (χ1v) is 47.8. The highest BCUT2D eigenvalue weighted by atomic mass is 16.6. The third kappa shape index (κ3) is 16.4. The minimum absolute atomic E-state index is 0.00412. The van der Waals surface area contributed by atoms with E-state index in [1.807, 2.05) is 91.0 Å². The van der Waals surface area contributed by atoms with Crippen molar-refractivity contribution >= 4 is 142 Å². The molecule has 12 aromatic carbocycles. The number of hydrogen-bond acceptors (Lipinski definition) is 23. The number of carbonyl (C=O) groups excluding carboxylic acids is 13. The van der Waals surface area contributed by atoms with E-state index in [-0.39, 0.29) is 110 Å². The highest BCUT2D eigenvalue weighted by Gasteiger charge is 2.64. The molecule has 0 spiro atoms. The summed E-state index contributed by atoms with van der Waals surface area (Å²) in [5.74, 6) is -15.8. The number of aryl methyl sites for hydroxylation is 1. The van der Waals surface area contributed by atoms with Gasteiger partial charge in [-0.15, -0.1) is 0 Å². The van der Waals surface area contributed by atoms with Gasteiger partial charge in [0.1, 0.15) is 60.6 Å². The second kappa shape index (κ2) is 36.1. The van der Waals surface area contributed by atoms with E-state index in [4.69, 9.17) is 33.2 Å². The second-order valence-electron chi connectivity index (χ2n) is 40.4. The van der Waals surface area contributed by atoms with Crippen molar-refractivity contribution in [2.75, 3.05) is 52.6 Å². The summed E-state index contributed by atoms with van der Waals surface area (Å²) in [6.45, 7) is 8.19. The summed E-state index contributed by atoms with van der Waals surface area (Å²) in [6.07, 6.45) is -4.59. The molecule has 6 heterocycles. The molecule has 6 aliphatic heterocycles. The predicted octanol–water partition coefficient (Wildman–Crippen LogP) is 11.0. The maximum atomic E-state index is 15.5. The van der Waals surface area contributed by atoms with E-state index < -0.39 is 205 Å². The number of hydrogen-bond donors (Lipinski definition) is 7. The van der Waals surface area contributed by atoms with Gasteiger partial charge in [0.2, 0.25) is 59.1 Å². The van der Waals surface area contributed by atoms with E-state index in [2.05, 4.69) is 39.5 Å². The van der Waals surface area contributed by atoms with Crippen molar-refractivity contribution in [2.24, 2.45) is 47.3 Å². The Kier molecular flexibility index (Phi) is 23.7. The number of rotatable bonds is 29. The number of ether oxygens (including phenoxy) is 7. The highest BCUT2D eigenvalue weighted by molar-refractivity contribution is 6.25. The first kappa shape index (κ1) is 92.6. The lowest BCUT2D eigenvalue weighted by Gasteiger charge is -2.32. The molecule has 31 nitrogen and oxygen atoms in total. The van der Waals surface area contributed by atoms with Gasteiger partial charge in [0.05, 0.1) is 120 Å². The van der Waals surface area contributed by atoms with Crippen LogP contribution >= 0.6 is 0 Å². The Morgan fingerprint density at radius 3 is 1.03 bits per heavy atom. The normalized spacial score (nSPS) is 23.5. The standard InChI is InChI=1S/C110H104N8O23/c1-54-14-8-22-76(75(54)49-119)135-50-66(45-111-82(120)43-61-32-30-59-28-26-55-15-9-17-57-34-36-70(61)86(59)84(55)57)115-99(125)72-40-63-20-12-24-78(89(63)96(122)91(72)102(115)128)137-52-68(47-113-107(133)140-109(2,3)4)117-101(127)74-42-65-21-13-25-79(90(65)98(124)93(74)104(117)130)138-53-69(48-114-108(134)141-110(5,6)7)116-100(126)73-41-64-19-11-23-77(88(64)97(123)92(73)103(116)129)136-51-67(118-105(131)94-80-38-39-81(139-80)95(94)106(118)132)46-112-83(121)44-62-33-31-60-29-27-56-16-10-18-58-35-37-71(62)87(60)85(56)58/h8-39,49,66-69,72-74,80-81,91-98,122-124H,40-48,50-53H2,1-7H3,(H,111,120)(H,112,121)(H,113,133)(H,114,134)/t66?,67?,68?,69?,72?,73?,74?,80-,81+,91?,92?,93?,94-,95+,96?,97?,98?. The fourth-order valence-electron chi connectivity index (χ4n) is 23.2. The maximum Gasteiger partial charge on any atom is 0.407 e. The van der Waals surface area contributed by atoms with E-state index in [0.717, 1.165) is 95.4 Å². The van der Waals surface area contributed by atoms with Gasteiger partial charge >= 0.3 is 12.2 Å². The van der Waals surface area contributed by atoms with E-state index in [9.17, 15) is 48.9 Å². The smallest absolute Gasteiger partial charge is 0.407 e. The van der Waals surface area contributed by atoms with Crippen molar-refractivity contribution in [1.82, 2.24) is 40.9 Å². The van der Waals surface area contributed by atoms with Crippen LogP contribution in [0.15, 0.2) is 194 Å². The molecule has 722 valence electrons. The van der Waals surface area contributed by atoms with Gasteiger partial charge in [-0.2, -0.15) is 0 Å². The first-order valence-electron chi connectivity index (χ1n) is 47.8. The number of alkyl carbamates (subject to hydrolysis) is 2. The average molecular weight is 1910 g/mol.